The van der Waals surface area contributed by atoms with Crippen LogP contribution in [-0.4, -0.2) is 13.2 Å². The predicted octanol–water partition coefficient (Wildman–Crippen LogP) is 7.53. The SMILES string of the molecule is CCCCCCCCCCCCCCCCOC[C@H](C)CC. The van der Waals surface area contributed by atoms with E-state index in [1.807, 2.05) is 0 Å². The van der Waals surface area contributed by atoms with E-state index < -0.39 is 0 Å². The first kappa shape index (κ1) is 22.0. The summed E-state index contributed by atoms with van der Waals surface area (Å²) < 4.78 is 5.69. The van der Waals surface area contributed by atoms with Crippen LogP contribution >= 0.6 is 0 Å². The van der Waals surface area contributed by atoms with Gasteiger partial charge in [0.05, 0.1) is 0 Å². The summed E-state index contributed by atoms with van der Waals surface area (Å²) in [4.78, 5) is 0. The molecule has 1 nitrogen and oxygen atoms in total. The average Bonchev–Trinajstić information content (AvgIpc) is 2.54. The Balaban J connectivity index is 2.97. The summed E-state index contributed by atoms with van der Waals surface area (Å²) in [5.41, 5.74) is 0. The van der Waals surface area contributed by atoms with Crippen molar-refractivity contribution in [1.29, 1.82) is 0 Å². The summed E-state index contributed by atoms with van der Waals surface area (Å²) >= 11 is 0. The molecule has 1 heteroatoms. The second-order valence-electron chi connectivity index (χ2n) is 7.18. The highest BCUT2D eigenvalue weighted by Gasteiger charge is 1.98. The summed E-state index contributed by atoms with van der Waals surface area (Å²) in [6, 6.07) is 0. The molecule has 1 atom stereocenters. The molecule has 134 valence electrons. The summed E-state index contributed by atoms with van der Waals surface area (Å²) in [6.07, 6.45) is 21.2. The van der Waals surface area contributed by atoms with E-state index in [0.717, 1.165) is 19.1 Å². The Kier molecular flexibility index (Phi) is 19.0. The smallest absolute Gasteiger partial charge is 0.0491 e. The van der Waals surface area contributed by atoms with Gasteiger partial charge in [0.25, 0.3) is 0 Å². The lowest BCUT2D eigenvalue weighted by Gasteiger charge is -2.09. The van der Waals surface area contributed by atoms with Crippen LogP contribution < -0.4 is 0 Å². The topological polar surface area (TPSA) is 9.23 Å². The van der Waals surface area contributed by atoms with Gasteiger partial charge >= 0.3 is 0 Å². The highest BCUT2D eigenvalue weighted by molar-refractivity contribution is 4.50. The first-order valence-corrected chi connectivity index (χ1v) is 10.4. The molecule has 0 amide bonds. The van der Waals surface area contributed by atoms with Crippen molar-refractivity contribution in [1.82, 2.24) is 0 Å². The van der Waals surface area contributed by atoms with Crippen molar-refractivity contribution in [3.8, 4) is 0 Å². The van der Waals surface area contributed by atoms with Crippen LogP contribution in [0.3, 0.4) is 0 Å². The van der Waals surface area contributed by atoms with E-state index in [4.69, 9.17) is 4.74 Å². The van der Waals surface area contributed by atoms with Gasteiger partial charge in [0.1, 0.15) is 0 Å². The van der Waals surface area contributed by atoms with E-state index in [-0.39, 0.29) is 0 Å². The predicted molar refractivity (Wildman–Crippen MR) is 101 cm³/mol. The van der Waals surface area contributed by atoms with Gasteiger partial charge in [-0.25, -0.2) is 0 Å². The minimum atomic E-state index is 0.728. The van der Waals surface area contributed by atoms with Crippen molar-refractivity contribution in [2.45, 2.75) is 117 Å². The Bertz CT molecular complexity index is 190. The van der Waals surface area contributed by atoms with Crippen LogP contribution in [-0.2, 0) is 4.74 Å². The minimum Gasteiger partial charge on any atom is -0.381 e. The van der Waals surface area contributed by atoms with Crippen molar-refractivity contribution >= 4 is 0 Å². The molecule has 0 N–H and O–H groups in total. The van der Waals surface area contributed by atoms with Crippen LogP contribution in [0, 0.1) is 5.92 Å². The van der Waals surface area contributed by atoms with Crippen LogP contribution in [0.5, 0.6) is 0 Å². The minimum absolute atomic E-state index is 0.728. The van der Waals surface area contributed by atoms with E-state index in [9.17, 15) is 0 Å². The summed E-state index contributed by atoms with van der Waals surface area (Å²) in [5.74, 6) is 0.728. The standard InChI is InChI=1S/C21H44O/c1-4-6-7-8-9-10-11-12-13-14-15-16-17-18-19-22-20-21(3)5-2/h21H,4-20H2,1-3H3/t21-/m1/s1. The average molecular weight is 313 g/mol. The van der Waals surface area contributed by atoms with Gasteiger partial charge in [-0.3, -0.25) is 0 Å². The highest BCUT2D eigenvalue weighted by atomic mass is 16.5. The Labute approximate surface area is 141 Å². The molecule has 0 aliphatic heterocycles. The third kappa shape index (κ3) is 18.0. The zero-order chi connectivity index (χ0) is 16.3. The van der Waals surface area contributed by atoms with Gasteiger partial charge in [0.15, 0.2) is 0 Å². The molecular formula is C21H44O. The number of rotatable bonds is 18. The third-order valence-electron chi connectivity index (χ3n) is 4.74. The fraction of sp³-hybridized carbons (Fsp3) is 1.00. The maximum Gasteiger partial charge on any atom is 0.0491 e. The monoisotopic (exact) mass is 312 g/mol. The molecule has 0 aromatic rings. The Morgan fingerprint density at radius 1 is 0.591 bits per heavy atom. The van der Waals surface area contributed by atoms with E-state index >= 15 is 0 Å². The van der Waals surface area contributed by atoms with Gasteiger partial charge < -0.3 is 4.74 Å². The molecule has 0 bridgehead atoms. The summed E-state index contributed by atoms with van der Waals surface area (Å²) in [7, 11) is 0. The Morgan fingerprint density at radius 2 is 1.00 bits per heavy atom. The maximum absolute atomic E-state index is 5.69. The van der Waals surface area contributed by atoms with E-state index in [2.05, 4.69) is 20.8 Å². The van der Waals surface area contributed by atoms with Crippen molar-refractivity contribution in [3.63, 3.8) is 0 Å². The first-order valence-electron chi connectivity index (χ1n) is 10.4. The molecule has 0 rings (SSSR count). The fourth-order valence-corrected chi connectivity index (χ4v) is 2.80. The summed E-state index contributed by atoms with van der Waals surface area (Å²) in [6.45, 7) is 8.73. The van der Waals surface area contributed by atoms with Gasteiger partial charge in [-0.2, -0.15) is 0 Å². The molecule has 22 heavy (non-hydrogen) atoms. The van der Waals surface area contributed by atoms with E-state index in [0.29, 0.717) is 0 Å². The fourth-order valence-electron chi connectivity index (χ4n) is 2.80. The molecule has 0 unspecified atom stereocenters. The van der Waals surface area contributed by atoms with Crippen LogP contribution in [0.4, 0.5) is 0 Å². The number of ether oxygens (including phenoxy) is 1. The zero-order valence-electron chi connectivity index (χ0n) is 16.0. The van der Waals surface area contributed by atoms with Crippen molar-refractivity contribution in [2.24, 2.45) is 5.92 Å². The zero-order valence-corrected chi connectivity index (χ0v) is 16.0. The molecule has 0 aliphatic carbocycles. The lowest BCUT2D eigenvalue weighted by Crippen LogP contribution is -2.05. The van der Waals surface area contributed by atoms with Crippen LogP contribution in [0.25, 0.3) is 0 Å². The van der Waals surface area contributed by atoms with Gasteiger partial charge in [0.2, 0.25) is 0 Å². The Hall–Kier alpha value is -0.0400. The molecule has 0 saturated heterocycles. The van der Waals surface area contributed by atoms with Crippen molar-refractivity contribution in [2.75, 3.05) is 13.2 Å². The van der Waals surface area contributed by atoms with E-state index in [1.54, 1.807) is 0 Å². The molecular weight excluding hydrogens is 268 g/mol. The third-order valence-corrected chi connectivity index (χ3v) is 4.74. The largest absolute Gasteiger partial charge is 0.381 e. The number of hydrogen-bond donors (Lipinski definition) is 0. The number of unbranched alkanes of at least 4 members (excludes halogenated alkanes) is 13. The normalized spacial score (nSPS) is 12.7. The molecule has 0 spiro atoms. The van der Waals surface area contributed by atoms with Gasteiger partial charge in [-0.05, 0) is 12.3 Å². The van der Waals surface area contributed by atoms with Crippen LogP contribution in [0.1, 0.15) is 117 Å². The molecule has 0 aromatic heterocycles. The lowest BCUT2D eigenvalue weighted by atomic mass is 10.0. The van der Waals surface area contributed by atoms with Crippen molar-refractivity contribution in [3.05, 3.63) is 0 Å². The maximum atomic E-state index is 5.69. The van der Waals surface area contributed by atoms with Crippen LogP contribution in [0.15, 0.2) is 0 Å². The molecule has 0 heterocycles. The quantitative estimate of drug-likeness (QED) is 0.238. The number of hydrogen-bond acceptors (Lipinski definition) is 1. The second kappa shape index (κ2) is 19.0. The summed E-state index contributed by atoms with van der Waals surface area (Å²) in [5, 5.41) is 0. The van der Waals surface area contributed by atoms with Gasteiger partial charge in [0, 0.05) is 13.2 Å². The van der Waals surface area contributed by atoms with Gasteiger partial charge in [-0.15, -0.1) is 0 Å². The molecule has 0 radical (unpaired) electrons. The lowest BCUT2D eigenvalue weighted by molar-refractivity contribution is 0.100. The van der Waals surface area contributed by atoms with E-state index in [1.165, 1.54) is 96.3 Å². The highest BCUT2D eigenvalue weighted by Crippen LogP contribution is 2.13. The molecule has 0 aromatic carbocycles. The first-order chi connectivity index (χ1) is 10.8. The van der Waals surface area contributed by atoms with Crippen LogP contribution in [0.2, 0.25) is 0 Å². The molecule has 0 fully saturated rings. The Morgan fingerprint density at radius 3 is 1.41 bits per heavy atom. The van der Waals surface area contributed by atoms with Gasteiger partial charge in [-0.1, -0.05) is 111 Å². The molecule has 0 saturated carbocycles. The molecule has 0 aliphatic rings. The second-order valence-corrected chi connectivity index (χ2v) is 7.18. The van der Waals surface area contributed by atoms with Crippen molar-refractivity contribution < 1.29 is 4.74 Å².